The second-order valence-corrected chi connectivity index (χ2v) is 8.77. The van der Waals surface area contributed by atoms with Gasteiger partial charge in [-0.3, -0.25) is 24.1 Å². The third-order valence-corrected chi connectivity index (χ3v) is 5.61. The SMILES string of the molecule is CC(C)(C)N1C(=O)c2ccc(C(=O)N3CCN(C(=O)C4CC4)CC3)cc2C1=O. The highest BCUT2D eigenvalue weighted by Crippen LogP contribution is 2.32. The number of fused-ring (bicyclic) bond motifs is 1. The molecule has 7 nitrogen and oxygen atoms in total. The van der Waals surface area contributed by atoms with Crippen LogP contribution in [0, 0.1) is 5.92 Å². The number of piperazine rings is 1. The standard InChI is InChI=1S/C21H25N3O4/c1-21(2,3)24-19(27)15-7-6-14(12-16(15)20(24)28)18(26)23-10-8-22(9-11-23)17(25)13-4-5-13/h6-7,12-13H,4-5,8-11H2,1-3H3. The van der Waals surface area contributed by atoms with E-state index >= 15 is 0 Å². The van der Waals surface area contributed by atoms with Crippen LogP contribution in [0.3, 0.4) is 0 Å². The maximum atomic E-state index is 12.9. The van der Waals surface area contributed by atoms with Gasteiger partial charge in [-0.2, -0.15) is 0 Å². The average Bonchev–Trinajstić information content (AvgIpc) is 3.47. The summed E-state index contributed by atoms with van der Waals surface area (Å²) in [6, 6.07) is 4.72. The van der Waals surface area contributed by atoms with Crippen molar-refractivity contribution >= 4 is 23.6 Å². The van der Waals surface area contributed by atoms with E-state index in [1.807, 2.05) is 25.7 Å². The predicted molar refractivity (Wildman–Crippen MR) is 102 cm³/mol. The Morgan fingerprint density at radius 3 is 2.04 bits per heavy atom. The molecule has 2 aliphatic heterocycles. The van der Waals surface area contributed by atoms with Gasteiger partial charge in [0.15, 0.2) is 0 Å². The molecular weight excluding hydrogens is 358 g/mol. The highest BCUT2D eigenvalue weighted by Gasteiger charge is 2.42. The summed E-state index contributed by atoms with van der Waals surface area (Å²) >= 11 is 0. The third-order valence-electron chi connectivity index (χ3n) is 5.61. The molecule has 28 heavy (non-hydrogen) atoms. The van der Waals surface area contributed by atoms with Crippen molar-refractivity contribution in [3.63, 3.8) is 0 Å². The molecule has 2 heterocycles. The molecule has 4 amide bonds. The fraction of sp³-hybridized carbons (Fsp3) is 0.524. The van der Waals surface area contributed by atoms with Crippen LogP contribution in [-0.4, -0.2) is 70.0 Å². The lowest BCUT2D eigenvalue weighted by Crippen LogP contribution is -2.51. The minimum atomic E-state index is -0.623. The van der Waals surface area contributed by atoms with E-state index in [1.165, 1.54) is 11.0 Å². The van der Waals surface area contributed by atoms with Gasteiger partial charge in [0, 0.05) is 43.2 Å². The molecule has 1 saturated heterocycles. The molecule has 1 saturated carbocycles. The maximum absolute atomic E-state index is 12.9. The molecule has 3 aliphatic rings. The van der Waals surface area contributed by atoms with Crippen LogP contribution >= 0.6 is 0 Å². The van der Waals surface area contributed by atoms with Gasteiger partial charge in [-0.15, -0.1) is 0 Å². The van der Waals surface area contributed by atoms with Gasteiger partial charge in [0.1, 0.15) is 0 Å². The molecule has 1 aromatic rings. The van der Waals surface area contributed by atoms with Crippen molar-refractivity contribution in [2.75, 3.05) is 26.2 Å². The summed E-state index contributed by atoms with van der Waals surface area (Å²) < 4.78 is 0. The molecule has 0 unspecified atom stereocenters. The van der Waals surface area contributed by atoms with Crippen LogP contribution in [0.1, 0.15) is 64.7 Å². The Morgan fingerprint density at radius 2 is 1.46 bits per heavy atom. The van der Waals surface area contributed by atoms with Crippen molar-refractivity contribution in [2.24, 2.45) is 5.92 Å². The Kier molecular flexibility index (Phi) is 4.28. The lowest BCUT2D eigenvalue weighted by molar-refractivity contribution is -0.134. The highest BCUT2D eigenvalue weighted by atomic mass is 16.2. The van der Waals surface area contributed by atoms with Crippen LogP contribution in [0.5, 0.6) is 0 Å². The van der Waals surface area contributed by atoms with Gasteiger partial charge >= 0.3 is 0 Å². The largest absolute Gasteiger partial charge is 0.339 e. The van der Waals surface area contributed by atoms with Gasteiger partial charge in [0.05, 0.1) is 11.1 Å². The molecule has 1 aliphatic carbocycles. The van der Waals surface area contributed by atoms with Crippen molar-refractivity contribution in [2.45, 2.75) is 39.2 Å². The number of rotatable bonds is 2. The molecule has 2 fully saturated rings. The lowest BCUT2D eigenvalue weighted by Gasteiger charge is -2.35. The maximum Gasteiger partial charge on any atom is 0.262 e. The molecular formula is C21H25N3O4. The molecule has 0 N–H and O–H groups in total. The van der Waals surface area contributed by atoms with Crippen LogP contribution in [0.15, 0.2) is 18.2 Å². The number of imide groups is 1. The number of carbonyl (C=O) groups is 4. The van der Waals surface area contributed by atoms with E-state index in [0.29, 0.717) is 37.3 Å². The van der Waals surface area contributed by atoms with Gasteiger partial charge in [-0.25, -0.2) is 0 Å². The lowest BCUT2D eigenvalue weighted by atomic mass is 10.0. The Labute approximate surface area is 164 Å². The van der Waals surface area contributed by atoms with E-state index in [2.05, 4.69) is 0 Å². The predicted octanol–water partition coefficient (Wildman–Crippen LogP) is 1.78. The second kappa shape index (κ2) is 6.43. The third kappa shape index (κ3) is 3.08. The van der Waals surface area contributed by atoms with Gasteiger partial charge in [0.2, 0.25) is 5.91 Å². The van der Waals surface area contributed by atoms with Crippen molar-refractivity contribution < 1.29 is 19.2 Å². The summed E-state index contributed by atoms with van der Waals surface area (Å²) in [4.78, 5) is 55.2. The molecule has 0 bridgehead atoms. The number of hydrogen-bond acceptors (Lipinski definition) is 4. The summed E-state index contributed by atoms with van der Waals surface area (Å²) in [7, 11) is 0. The minimum Gasteiger partial charge on any atom is -0.339 e. The van der Waals surface area contributed by atoms with E-state index in [9.17, 15) is 19.2 Å². The van der Waals surface area contributed by atoms with Gasteiger partial charge in [-0.1, -0.05) is 0 Å². The quantitative estimate of drug-likeness (QED) is 0.730. The van der Waals surface area contributed by atoms with Crippen LogP contribution in [0.2, 0.25) is 0 Å². The van der Waals surface area contributed by atoms with Crippen LogP contribution < -0.4 is 0 Å². The molecule has 4 rings (SSSR count). The summed E-state index contributed by atoms with van der Waals surface area (Å²) in [5.41, 5.74) is 0.407. The molecule has 0 aromatic heterocycles. The van der Waals surface area contributed by atoms with Gasteiger partial charge in [-0.05, 0) is 51.8 Å². The van der Waals surface area contributed by atoms with E-state index in [4.69, 9.17) is 0 Å². The summed E-state index contributed by atoms with van der Waals surface area (Å²) in [5.74, 6) is -0.458. The van der Waals surface area contributed by atoms with Gasteiger partial charge in [0.25, 0.3) is 17.7 Å². The molecule has 0 radical (unpaired) electrons. The number of nitrogens with zero attached hydrogens (tertiary/aromatic N) is 3. The Bertz CT molecular complexity index is 874. The van der Waals surface area contributed by atoms with Crippen molar-refractivity contribution in [3.8, 4) is 0 Å². The molecule has 148 valence electrons. The summed E-state index contributed by atoms with van der Waals surface area (Å²) in [6.07, 6.45) is 1.96. The summed E-state index contributed by atoms with van der Waals surface area (Å²) in [6.45, 7) is 7.47. The minimum absolute atomic E-state index is 0.171. The first kappa shape index (κ1) is 18.7. The topological polar surface area (TPSA) is 78.0 Å². The Morgan fingerprint density at radius 1 is 0.893 bits per heavy atom. The second-order valence-electron chi connectivity index (χ2n) is 8.77. The number of benzene rings is 1. The van der Waals surface area contributed by atoms with Crippen LogP contribution in [-0.2, 0) is 4.79 Å². The Hall–Kier alpha value is -2.70. The zero-order chi connectivity index (χ0) is 20.2. The number of hydrogen-bond donors (Lipinski definition) is 0. The van der Waals surface area contributed by atoms with Crippen LogP contribution in [0.4, 0.5) is 0 Å². The zero-order valence-electron chi connectivity index (χ0n) is 16.5. The van der Waals surface area contributed by atoms with E-state index in [-0.39, 0.29) is 35.1 Å². The van der Waals surface area contributed by atoms with E-state index < -0.39 is 5.54 Å². The molecule has 7 heteroatoms. The highest BCUT2D eigenvalue weighted by molar-refractivity contribution is 6.22. The van der Waals surface area contributed by atoms with Crippen molar-refractivity contribution in [3.05, 3.63) is 34.9 Å². The first-order valence-corrected chi connectivity index (χ1v) is 9.79. The monoisotopic (exact) mass is 383 g/mol. The van der Waals surface area contributed by atoms with E-state index in [0.717, 1.165) is 12.8 Å². The molecule has 1 aromatic carbocycles. The first-order valence-electron chi connectivity index (χ1n) is 9.79. The zero-order valence-corrected chi connectivity index (χ0v) is 16.5. The van der Waals surface area contributed by atoms with Crippen molar-refractivity contribution in [1.29, 1.82) is 0 Å². The average molecular weight is 383 g/mol. The van der Waals surface area contributed by atoms with Gasteiger partial charge < -0.3 is 9.80 Å². The number of carbonyl (C=O) groups excluding carboxylic acids is 4. The normalized spacial score (nSPS) is 19.9. The van der Waals surface area contributed by atoms with E-state index in [1.54, 1.807) is 17.0 Å². The molecule has 0 atom stereocenters. The fourth-order valence-electron chi connectivity index (χ4n) is 3.88. The first-order chi connectivity index (χ1) is 13.2. The van der Waals surface area contributed by atoms with Crippen molar-refractivity contribution in [1.82, 2.24) is 14.7 Å². The fourth-order valence-corrected chi connectivity index (χ4v) is 3.88. The smallest absolute Gasteiger partial charge is 0.262 e. The number of amides is 4. The Balaban J connectivity index is 1.49. The molecule has 0 spiro atoms. The summed E-state index contributed by atoms with van der Waals surface area (Å²) in [5, 5.41) is 0. The van der Waals surface area contributed by atoms with Crippen LogP contribution in [0.25, 0.3) is 0 Å².